The van der Waals surface area contributed by atoms with Gasteiger partial charge in [-0.25, -0.2) is 4.98 Å². The van der Waals surface area contributed by atoms with Gasteiger partial charge in [-0.15, -0.1) is 0 Å². The van der Waals surface area contributed by atoms with E-state index >= 15 is 0 Å². The summed E-state index contributed by atoms with van der Waals surface area (Å²) in [7, 11) is 1.64. The zero-order chi connectivity index (χ0) is 20.5. The summed E-state index contributed by atoms with van der Waals surface area (Å²) < 4.78 is 38.9. The molecule has 0 unspecified atom stereocenters. The van der Waals surface area contributed by atoms with E-state index in [-0.39, 0.29) is 18.0 Å². The molecule has 1 amide bonds. The number of halogens is 3. The van der Waals surface area contributed by atoms with Gasteiger partial charge in [0.25, 0.3) is 0 Å². The van der Waals surface area contributed by atoms with E-state index in [2.05, 4.69) is 29.5 Å². The number of amides is 1. The molecular formula is C20H29F3N4O. The Kier molecular flexibility index (Phi) is 6.17. The molecule has 1 saturated heterocycles. The molecule has 1 aliphatic carbocycles. The lowest BCUT2D eigenvalue weighted by Crippen LogP contribution is -2.50. The lowest BCUT2D eigenvalue weighted by molar-refractivity contribution is -0.141. The Morgan fingerprint density at radius 3 is 2.68 bits per heavy atom. The highest BCUT2D eigenvalue weighted by molar-refractivity contribution is 5.81. The van der Waals surface area contributed by atoms with Crippen LogP contribution in [0.25, 0.3) is 0 Å². The van der Waals surface area contributed by atoms with Crippen LogP contribution in [0, 0.1) is 17.8 Å². The van der Waals surface area contributed by atoms with Gasteiger partial charge < -0.3 is 15.5 Å². The van der Waals surface area contributed by atoms with E-state index in [9.17, 15) is 18.0 Å². The van der Waals surface area contributed by atoms with Crippen molar-refractivity contribution in [3.05, 3.63) is 23.9 Å². The van der Waals surface area contributed by atoms with Crippen molar-refractivity contribution in [2.75, 3.05) is 25.0 Å². The molecule has 8 heteroatoms. The molecule has 1 aliphatic heterocycles. The molecule has 2 heterocycles. The van der Waals surface area contributed by atoms with Gasteiger partial charge in [-0.1, -0.05) is 19.9 Å². The van der Waals surface area contributed by atoms with Gasteiger partial charge in [-0.3, -0.25) is 4.79 Å². The van der Waals surface area contributed by atoms with E-state index in [1.54, 1.807) is 13.1 Å². The summed E-state index contributed by atoms with van der Waals surface area (Å²) in [6.45, 7) is 5.56. The number of hydrogen-bond acceptors (Lipinski definition) is 4. The Morgan fingerprint density at radius 2 is 2.04 bits per heavy atom. The van der Waals surface area contributed by atoms with Crippen molar-refractivity contribution >= 4 is 11.7 Å². The summed E-state index contributed by atoms with van der Waals surface area (Å²) in [6, 6.07) is 4.02. The maximum Gasteiger partial charge on any atom is 0.433 e. The van der Waals surface area contributed by atoms with E-state index in [1.165, 1.54) is 6.07 Å². The van der Waals surface area contributed by atoms with Crippen molar-refractivity contribution in [3.8, 4) is 0 Å². The van der Waals surface area contributed by atoms with Crippen LogP contribution >= 0.6 is 0 Å². The summed E-state index contributed by atoms with van der Waals surface area (Å²) in [5.41, 5.74) is -0.853. The molecule has 2 fully saturated rings. The molecule has 28 heavy (non-hydrogen) atoms. The van der Waals surface area contributed by atoms with E-state index < -0.39 is 11.9 Å². The second kappa shape index (κ2) is 8.27. The largest absolute Gasteiger partial charge is 0.433 e. The molecule has 4 atom stereocenters. The summed E-state index contributed by atoms with van der Waals surface area (Å²) in [5.74, 6) is 1.50. The van der Waals surface area contributed by atoms with E-state index in [0.29, 0.717) is 36.7 Å². The number of carbonyl (C=O) groups excluding carboxylic acids is 1. The number of aromatic nitrogens is 1. The van der Waals surface area contributed by atoms with Gasteiger partial charge in [0.15, 0.2) is 0 Å². The minimum absolute atomic E-state index is 0.00783. The normalized spacial score (nSPS) is 25.8. The van der Waals surface area contributed by atoms with E-state index in [1.807, 2.05) is 4.90 Å². The number of carbonyl (C=O) groups is 1. The number of nitrogens with one attached hydrogen (secondary N) is 2. The van der Waals surface area contributed by atoms with Crippen LogP contribution < -0.4 is 15.5 Å². The van der Waals surface area contributed by atoms with Crippen LogP contribution in [-0.2, 0) is 11.0 Å². The molecule has 0 radical (unpaired) electrons. The molecule has 156 valence electrons. The number of hydrogen-bond donors (Lipinski definition) is 2. The highest BCUT2D eigenvalue weighted by Gasteiger charge is 2.44. The number of rotatable bonds is 6. The topological polar surface area (TPSA) is 57.3 Å². The summed E-state index contributed by atoms with van der Waals surface area (Å²) in [4.78, 5) is 18.0. The van der Waals surface area contributed by atoms with Gasteiger partial charge in [-0.05, 0) is 49.1 Å². The Hall–Kier alpha value is -1.83. The molecular weight excluding hydrogens is 369 g/mol. The molecule has 2 aliphatic rings. The third-order valence-corrected chi connectivity index (χ3v) is 5.89. The summed E-state index contributed by atoms with van der Waals surface area (Å²) >= 11 is 0. The predicted octanol–water partition coefficient (Wildman–Crippen LogP) is 3.07. The lowest BCUT2D eigenvalue weighted by Gasteiger charge is -2.27. The average Bonchev–Trinajstić information content (AvgIpc) is 3.21. The van der Waals surface area contributed by atoms with Crippen molar-refractivity contribution in [3.63, 3.8) is 0 Å². The van der Waals surface area contributed by atoms with Gasteiger partial charge in [0, 0.05) is 26.2 Å². The maximum atomic E-state index is 13.0. The first kappa shape index (κ1) is 20.9. The van der Waals surface area contributed by atoms with E-state index in [4.69, 9.17) is 0 Å². The second-order valence-electron chi connectivity index (χ2n) is 8.35. The Morgan fingerprint density at radius 1 is 1.29 bits per heavy atom. The molecule has 0 bridgehead atoms. The standard InChI is InChI=1S/C20H29F3N4O/c1-12(2)9-16(19(28)24-3)25-15-8-7-13-10-27(11-14(13)15)18-6-4-5-17(26-18)20(21,22)23/h4-6,12-16,25H,7-11H2,1-3H3,(H,24,28)/t13-,14+,15+,16+/m1/s1. The van der Waals surface area contributed by atoms with Crippen LogP contribution in [0.5, 0.6) is 0 Å². The van der Waals surface area contributed by atoms with Crippen LogP contribution in [0.2, 0.25) is 0 Å². The first-order chi connectivity index (χ1) is 13.2. The monoisotopic (exact) mass is 398 g/mol. The van der Waals surface area contributed by atoms with Crippen molar-refractivity contribution in [1.82, 2.24) is 15.6 Å². The number of likely N-dealkylation sites (N-methyl/N-ethyl adjacent to an activating group) is 1. The first-order valence-electron chi connectivity index (χ1n) is 9.96. The Labute approximate surface area is 164 Å². The molecule has 3 rings (SSSR count). The molecule has 0 aromatic carbocycles. The second-order valence-corrected chi connectivity index (χ2v) is 8.35. The van der Waals surface area contributed by atoms with Crippen LogP contribution in [0.15, 0.2) is 18.2 Å². The summed E-state index contributed by atoms with van der Waals surface area (Å²) in [5, 5.41) is 6.27. The number of nitrogens with zero attached hydrogens (tertiary/aromatic N) is 2. The van der Waals surface area contributed by atoms with Crippen molar-refractivity contribution < 1.29 is 18.0 Å². The fourth-order valence-electron chi connectivity index (χ4n) is 4.57. The zero-order valence-electron chi connectivity index (χ0n) is 16.6. The third-order valence-electron chi connectivity index (χ3n) is 5.89. The highest BCUT2D eigenvalue weighted by Crippen LogP contribution is 2.40. The first-order valence-corrected chi connectivity index (χ1v) is 9.96. The third kappa shape index (κ3) is 4.59. The molecule has 1 saturated carbocycles. The smallest absolute Gasteiger partial charge is 0.358 e. The van der Waals surface area contributed by atoms with Crippen LogP contribution in [0.3, 0.4) is 0 Å². The van der Waals surface area contributed by atoms with Crippen molar-refractivity contribution in [2.24, 2.45) is 17.8 Å². The summed E-state index contributed by atoms with van der Waals surface area (Å²) in [6.07, 6.45) is -1.68. The number of pyridine rings is 1. The molecule has 0 spiro atoms. The van der Waals surface area contributed by atoms with Gasteiger partial charge in [-0.2, -0.15) is 13.2 Å². The Balaban J connectivity index is 1.69. The zero-order valence-corrected chi connectivity index (χ0v) is 16.6. The fraction of sp³-hybridized carbons (Fsp3) is 0.700. The highest BCUT2D eigenvalue weighted by atomic mass is 19.4. The van der Waals surface area contributed by atoms with Crippen LogP contribution in [0.1, 0.15) is 38.8 Å². The number of fused-ring (bicyclic) bond motifs is 1. The maximum absolute atomic E-state index is 13.0. The minimum atomic E-state index is -4.44. The molecule has 2 N–H and O–H groups in total. The average molecular weight is 398 g/mol. The Bertz CT molecular complexity index is 694. The van der Waals surface area contributed by atoms with Gasteiger partial charge >= 0.3 is 6.18 Å². The minimum Gasteiger partial charge on any atom is -0.358 e. The van der Waals surface area contributed by atoms with Gasteiger partial charge in [0.05, 0.1) is 6.04 Å². The van der Waals surface area contributed by atoms with Gasteiger partial charge in [0.1, 0.15) is 11.5 Å². The number of anilines is 1. The quantitative estimate of drug-likeness (QED) is 0.773. The van der Waals surface area contributed by atoms with Crippen LogP contribution in [0.4, 0.5) is 19.0 Å². The van der Waals surface area contributed by atoms with Crippen molar-refractivity contribution in [1.29, 1.82) is 0 Å². The lowest BCUT2D eigenvalue weighted by atomic mass is 9.95. The van der Waals surface area contributed by atoms with Gasteiger partial charge in [0.2, 0.25) is 5.91 Å². The number of alkyl halides is 3. The molecule has 5 nitrogen and oxygen atoms in total. The fourth-order valence-corrected chi connectivity index (χ4v) is 4.57. The van der Waals surface area contributed by atoms with Crippen LogP contribution in [-0.4, -0.2) is 43.1 Å². The van der Waals surface area contributed by atoms with Crippen molar-refractivity contribution in [2.45, 2.75) is 51.4 Å². The van der Waals surface area contributed by atoms with E-state index in [0.717, 1.165) is 25.3 Å². The molecule has 1 aromatic heterocycles. The SMILES string of the molecule is CNC(=O)[C@H](CC(C)C)N[C@H]1CC[C@@H]2CN(c3cccc(C(F)(F)F)n3)C[C@@H]21. The predicted molar refractivity (Wildman–Crippen MR) is 102 cm³/mol. The molecule has 1 aromatic rings.